The number of para-hydroxylation sites is 2. The highest BCUT2D eigenvalue weighted by Crippen LogP contribution is 2.28. The fourth-order valence-corrected chi connectivity index (χ4v) is 2.45. The third kappa shape index (κ3) is 3.39. The van der Waals surface area contributed by atoms with Gasteiger partial charge in [-0.05, 0) is 30.9 Å². The van der Waals surface area contributed by atoms with Crippen LogP contribution in [0.3, 0.4) is 0 Å². The van der Waals surface area contributed by atoms with Gasteiger partial charge in [-0.3, -0.25) is 0 Å². The standard InChI is InChI=1S/C15H22O3/c1-12-7-3-4-8-13(12)17-11-18-15-10-6-5-9-14(15)16-2/h5-6,9-10,12-13H,3-4,7-8,11H2,1-2H3. The zero-order chi connectivity index (χ0) is 12.8. The lowest BCUT2D eigenvalue weighted by Gasteiger charge is -2.28. The average Bonchev–Trinajstić information content (AvgIpc) is 2.41. The predicted molar refractivity (Wildman–Crippen MR) is 71.0 cm³/mol. The van der Waals surface area contributed by atoms with Gasteiger partial charge >= 0.3 is 0 Å². The molecular formula is C15H22O3. The summed E-state index contributed by atoms with van der Waals surface area (Å²) in [6, 6.07) is 7.64. The number of hydrogen-bond donors (Lipinski definition) is 0. The van der Waals surface area contributed by atoms with E-state index >= 15 is 0 Å². The Morgan fingerprint density at radius 1 is 1.11 bits per heavy atom. The normalized spacial score (nSPS) is 23.7. The van der Waals surface area contributed by atoms with Crippen LogP contribution >= 0.6 is 0 Å². The molecule has 18 heavy (non-hydrogen) atoms. The van der Waals surface area contributed by atoms with Crippen LogP contribution in [0.2, 0.25) is 0 Å². The Kier molecular flexibility index (Phi) is 4.88. The molecule has 1 aliphatic carbocycles. The Balaban J connectivity index is 1.80. The second kappa shape index (κ2) is 6.64. The van der Waals surface area contributed by atoms with Crippen molar-refractivity contribution in [2.75, 3.05) is 13.9 Å². The number of benzene rings is 1. The van der Waals surface area contributed by atoms with Crippen molar-refractivity contribution in [1.82, 2.24) is 0 Å². The van der Waals surface area contributed by atoms with Crippen LogP contribution in [-0.2, 0) is 4.74 Å². The molecule has 1 saturated carbocycles. The van der Waals surface area contributed by atoms with E-state index in [-0.39, 0.29) is 0 Å². The lowest BCUT2D eigenvalue weighted by Crippen LogP contribution is -2.27. The zero-order valence-electron chi connectivity index (χ0n) is 11.2. The van der Waals surface area contributed by atoms with Crippen LogP contribution in [0.4, 0.5) is 0 Å². The topological polar surface area (TPSA) is 27.7 Å². The van der Waals surface area contributed by atoms with Gasteiger partial charge in [-0.15, -0.1) is 0 Å². The molecule has 2 unspecified atom stereocenters. The minimum Gasteiger partial charge on any atom is -0.493 e. The van der Waals surface area contributed by atoms with Crippen molar-refractivity contribution >= 4 is 0 Å². The third-order valence-corrected chi connectivity index (χ3v) is 3.60. The monoisotopic (exact) mass is 250 g/mol. The van der Waals surface area contributed by atoms with Crippen molar-refractivity contribution in [1.29, 1.82) is 0 Å². The largest absolute Gasteiger partial charge is 0.493 e. The summed E-state index contributed by atoms with van der Waals surface area (Å²) < 4.78 is 16.7. The Labute approximate surface area is 109 Å². The van der Waals surface area contributed by atoms with Gasteiger partial charge in [0.15, 0.2) is 18.3 Å². The second-order valence-electron chi connectivity index (χ2n) is 4.88. The second-order valence-corrected chi connectivity index (χ2v) is 4.88. The molecule has 0 saturated heterocycles. The summed E-state index contributed by atoms with van der Waals surface area (Å²) in [6.45, 7) is 2.56. The van der Waals surface area contributed by atoms with Crippen LogP contribution in [0.15, 0.2) is 24.3 Å². The van der Waals surface area contributed by atoms with Crippen molar-refractivity contribution in [3.8, 4) is 11.5 Å². The van der Waals surface area contributed by atoms with Gasteiger partial charge in [-0.1, -0.05) is 31.9 Å². The molecule has 1 aromatic carbocycles. The van der Waals surface area contributed by atoms with Gasteiger partial charge in [0.25, 0.3) is 0 Å². The van der Waals surface area contributed by atoms with Crippen LogP contribution < -0.4 is 9.47 Å². The van der Waals surface area contributed by atoms with Gasteiger partial charge in [0.2, 0.25) is 0 Å². The molecule has 3 nitrogen and oxygen atoms in total. The highest BCUT2D eigenvalue weighted by molar-refractivity contribution is 5.39. The quantitative estimate of drug-likeness (QED) is 0.747. The summed E-state index contributed by atoms with van der Waals surface area (Å²) in [5.74, 6) is 2.13. The molecule has 1 fully saturated rings. The number of hydrogen-bond acceptors (Lipinski definition) is 3. The van der Waals surface area contributed by atoms with Gasteiger partial charge in [0.05, 0.1) is 13.2 Å². The van der Waals surface area contributed by atoms with E-state index in [4.69, 9.17) is 14.2 Å². The molecule has 1 aliphatic rings. The summed E-state index contributed by atoms with van der Waals surface area (Å²) in [4.78, 5) is 0. The van der Waals surface area contributed by atoms with Gasteiger partial charge in [-0.25, -0.2) is 0 Å². The summed E-state index contributed by atoms with van der Waals surface area (Å²) in [5.41, 5.74) is 0. The van der Waals surface area contributed by atoms with E-state index in [1.807, 2.05) is 24.3 Å². The maximum absolute atomic E-state index is 5.82. The Hall–Kier alpha value is -1.22. The van der Waals surface area contributed by atoms with Crippen molar-refractivity contribution < 1.29 is 14.2 Å². The first-order chi connectivity index (χ1) is 8.81. The Morgan fingerprint density at radius 3 is 2.56 bits per heavy atom. The van der Waals surface area contributed by atoms with Crippen LogP contribution in [0.5, 0.6) is 11.5 Å². The first-order valence-corrected chi connectivity index (χ1v) is 6.68. The minimum atomic E-state index is 0.301. The number of rotatable bonds is 5. The molecule has 0 bridgehead atoms. The van der Waals surface area contributed by atoms with Crippen LogP contribution in [0.1, 0.15) is 32.6 Å². The van der Waals surface area contributed by atoms with Crippen molar-refractivity contribution in [2.24, 2.45) is 5.92 Å². The molecule has 0 heterocycles. The van der Waals surface area contributed by atoms with Crippen LogP contribution in [0.25, 0.3) is 0 Å². The molecule has 100 valence electrons. The molecule has 1 aromatic rings. The van der Waals surface area contributed by atoms with E-state index in [1.54, 1.807) is 7.11 Å². The van der Waals surface area contributed by atoms with E-state index in [0.717, 1.165) is 17.9 Å². The van der Waals surface area contributed by atoms with Gasteiger partial charge in [-0.2, -0.15) is 0 Å². The van der Waals surface area contributed by atoms with E-state index < -0.39 is 0 Å². The number of ether oxygens (including phenoxy) is 3. The first-order valence-electron chi connectivity index (χ1n) is 6.68. The first kappa shape index (κ1) is 13.2. The van der Waals surface area contributed by atoms with Gasteiger partial charge in [0, 0.05) is 0 Å². The molecule has 0 aromatic heterocycles. The van der Waals surface area contributed by atoms with Crippen molar-refractivity contribution in [3.05, 3.63) is 24.3 Å². The summed E-state index contributed by atoms with van der Waals surface area (Å²) >= 11 is 0. The Bertz CT molecular complexity index is 365. The maximum atomic E-state index is 5.82. The molecular weight excluding hydrogens is 228 g/mol. The molecule has 0 amide bonds. The molecule has 2 rings (SSSR count). The highest BCUT2D eigenvalue weighted by atomic mass is 16.7. The van der Waals surface area contributed by atoms with Crippen LogP contribution in [0, 0.1) is 5.92 Å². The van der Waals surface area contributed by atoms with Gasteiger partial charge < -0.3 is 14.2 Å². The molecule has 0 spiro atoms. The Morgan fingerprint density at radius 2 is 1.83 bits per heavy atom. The van der Waals surface area contributed by atoms with Crippen molar-refractivity contribution in [3.63, 3.8) is 0 Å². The van der Waals surface area contributed by atoms with Crippen molar-refractivity contribution in [2.45, 2.75) is 38.7 Å². The summed E-state index contributed by atoms with van der Waals surface area (Å²) in [5, 5.41) is 0. The molecule has 0 radical (unpaired) electrons. The van der Waals surface area contributed by atoms with E-state index in [9.17, 15) is 0 Å². The van der Waals surface area contributed by atoms with Gasteiger partial charge in [0.1, 0.15) is 0 Å². The van der Waals surface area contributed by atoms with E-state index in [0.29, 0.717) is 18.8 Å². The lowest BCUT2D eigenvalue weighted by molar-refractivity contribution is -0.0716. The zero-order valence-corrected chi connectivity index (χ0v) is 11.2. The third-order valence-electron chi connectivity index (χ3n) is 3.60. The van der Waals surface area contributed by atoms with E-state index in [2.05, 4.69) is 6.92 Å². The molecule has 0 N–H and O–H groups in total. The summed E-state index contributed by atoms with van der Waals surface area (Å²) in [7, 11) is 1.65. The maximum Gasteiger partial charge on any atom is 0.189 e. The summed E-state index contributed by atoms with van der Waals surface area (Å²) in [6.07, 6.45) is 5.35. The molecule has 0 aliphatic heterocycles. The average molecular weight is 250 g/mol. The fourth-order valence-electron chi connectivity index (χ4n) is 2.45. The SMILES string of the molecule is COc1ccccc1OCOC1CCCCC1C. The smallest absolute Gasteiger partial charge is 0.189 e. The number of methoxy groups -OCH3 is 1. The highest BCUT2D eigenvalue weighted by Gasteiger charge is 2.21. The predicted octanol–water partition coefficient (Wildman–Crippen LogP) is 3.63. The van der Waals surface area contributed by atoms with Crippen LogP contribution in [-0.4, -0.2) is 20.0 Å². The van der Waals surface area contributed by atoms with E-state index in [1.165, 1.54) is 19.3 Å². The minimum absolute atomic E-state index is 0.301. The fraction of sp³-hybridized carbons (Fsp3) is 0.600. The molecule has 2 atom stereocenters. The molecule has 3 heteroatoms. The lowest BCUT2D eigenvalue weighted by atomic mass is 9.88.